The van der Waals surface area contributed by atoms with Crippen LogP contribution in [0.15, 0.2) is 18.2 Å². The van der Waals surface area contributed by atoms with Crippen molar-refractivity contribution in [3.8, 4) is 5.75 Å². The lowest BCUT2D eigenvalue weighted by atomic mass is 10.0. The maximum Gasteiger partial charge on any atom is 0.253 e. The van der Waals surface area contributed by atoms with E-state index in [0.29, 0.717) is 17.0 Å². The number of hydrogen-bond donors (Lipinski definition) is 2. The summed E-state index contributed by atoms with van der Waals surface area (Å²) in [5, 5.41) is 3.09. The number of likely N-dealkylation sites (tertiary alicyclic amines) is 1. The topological polar surface area (TPSA) is 67.6 Å². The zero-order chi connectivity index (χ0) is 15.2. The molecule has 0 saturated carbocycles. The van der Waals surface area contributed by atoms with Crippen LogP contribution < -0.4 is 15.8 Å². The Bertz CT molecular complexity index is 482. The van der Waals surface area contributed by atoms with Gasteiger partial charge in [0.05, 0.1) is 12.7 Å². The molecule has 5 nitrogen and oxygen atoms in total. The van der Waals surface area contributed by atoms with Crippen molar-refractivity contribution in [3.63, 3.8) is 0 Å². The molecule has 0 unspecified atom stereocenters. The normalized spacial score (nSPS) is 16.7. The zero-order valence-corrected chi connectivity index (χ0v) is 12.9. The second kappa shape index (κ2) is 7.31. The standard InChI is InChI=1S/C16H25N3O2/c1-3-8-19-9-6-12(7-10-19)18-16(20)14-11-13(21-2)4-5-15(14)17/h4-5,11-12H,3,6-10,17H2,1-2H3,(H,18,20). The first kappa shape index (κ1) is 15.6. The summed E-state index contributed by atoms with van der Waals surface area (Å²) < 4.78 is 5.15. The Morgan fingerprint density at radius 3 is 2.76 bits per heavy atom. The third-order valence-electron chi connectivity index (χ3n) is 3.97. The Morgan fingerprint density at radius 2 is 2.14 bits per heavy atom. The summed E-state index contributed by atoms with van der Waals surface area (Å²) >= 11 is 0. The maximum absolute atomic E-state index is 12.3. The minimum atomic E-state index is -0.111. The van der Waals surface area contributed by atoms with E-state index in [-0.39, 0.29) is 11.9 Å². The average Bonchev–Trinajstić information content (AvgIpc) is 2.50. The SMILES string of the molecule is CCCN1CCC(NC(=O)c2cc(OC)ccc2N)CC1. The van der Waals surface area contributed by atoms with Crippen LogP contribution in [0.1, 0.15) is 36.5 Å². The largest absolute Gasteiger partial charge is 0.497 e. The van der Waals surface area contributed by atoms with Gasteiger partial charge in [0, 0.05) is 24.8 Å². The molecule has 21 heavy (non-hydrogen) atoms. The molecule has 1 aliphatic rings. The molecule has 1 saturated heterocycles. The predicted molar refractivity (Wildman–Crippen MR) is 84.6 cm³/mol. The molecule has 0 aromatic heterocycles. The average molecular weight is 291 g/mol. The molecule has 5 heteroatoms. The van der Waals surface area contributed by atoms with Crippen LogP contribution in [-0.4, -0.2) is 43.6 Å². The summed E-state index contributed by atoms with van der Waals surface area (Å²) in [6.45, 7) is 5.43. The summed E-state index contributed by atoms with van der Waals surface area (Å²) in [5.74, 6) is 0.535. The van der Waals surface area contributed by atoms with Crippen LogP contribution in [0.4, 0.5) is 5.69 Å². The fourth-order valence-corrected chi connectivity index (χ4v) is 2.74. The van der Waals surface area contributed by atoms with Gasteiger partial charge in [-0.3, -0.25) is 4.79 Å². The van der Waals surface area contributed by atoms with Gasteiger partial charge in [0.2, 0.25) is 0 Å². The molecule has 1 heterocycles. The number of piperidine rings is 1. The molecule has 1 amide bonds. The van der Waals surface area contributed by atoms with Crippen molar-refractivity contribution in [2.45, 2.75) is 32.2 Å². The van der Waals surface area contributed by atoms with E-state index in [9.17, 15) is 4.79 Å². The molecule has 0 atom stereocenters. The van der Waals surface area contributed by atoms with Gasteiger partial charge in [-0.25, -0.2) is 0 Å². The second-order valence-electron chi connectivity index (χ2n) is 5.54. The van der Waals surface area contributed by atoms with Crippen molar-refractivity contribution in [1.82, 2.24) is 10.2 Å². The highest BCUT2D eigenvalue weighted by molar-refractivity contribution is 5.99. The maximum atomic E-state index is 12.3. The number of hydrogen-bond acceptors (Lipinski definition) is 4. The van der Waals surface area contributed by atoms with Crippen LogP contribution >= 0.6 is 0 Å². The van der Waals surface area contributed by atoms with Gasteiger partial charge in [-0.1, -0.05) is 6.92 Å². The molecule has 1 aromatic carbocycles. The van der Waals surface area contributed by atoms with E-state index < -0.39 is 0 Å². The monoisotopic (exact) mass is 291 g/mol. The molecule has 1 fully saturated rings. The van der Waals surface area contributed by atoms with Crippen molar-refractivity contribution in [2.75, 3.05) is 32.5 Å². The third kappa shape index (κ3) is 4.11. The van der Waals surface area contributed by atoms with E-state index in [1.807, 2.05) is 0 Å². The first-order chi connectivity index (χ1) is 10.1. The lowest BCUT2D eigenvalue weighted by molar-refractivity contribution is 0.0911. The highest BCUT2D eigenvalue weighted by Crippen LogP contribution is 2.20. The van der Waals surface area contributed by atoms with Gasteiger partial charge in [0.1, 0.15) is 5.75 Å². The molecule has 0 spiro atoms. The number of carbonyl (C=O) groups is 1. The van der Waals surface area contributed by atoms with E-state index in [2.05, 4.69) is 17.1 Å². The first-order valence-corrected chi connectivity index (χ1v) is 7.60. The summed E-state index contributed by atoms with van der Waals surface area (Å²) in [6, 6.07) is 5.39. The van der Waals surface area contributed by atoms with E-state index >= 15 is 0 Å². The number of carbonyl (C=O) groups excluding carboxylic acids is 1. The molecule has 3 N–H and O–H groups in total. The van der Waals surface area contributed by atoms with Crippen LogP contribution in [0.3, 0.4) is 0 Å². The van der Waals surface area contributed by atoms with Crippen LogP contribution in [-0.2, 0) is 0 Å². The third-order valence-corrected chi connectivity index (χ3v) is 3.97. The number of amides is 1. The van der Waals surface area contributed by atoms with E-state index in [1.165, 1.54) is 6.42 Å². The molecular weight excluding hydrogens is 266 g/mol. The summed E-state index contributed by atoms with van der Waals surface area (Å²) in [4.78, 5) is 14.8. The van der Waals surface area contributed by atoms with Crippen LogP contribution in [0.2, 0.25) is 0 Å². The summed E-state index contributed by atoms with van der Waals surface area (Å²) in [6.07, 6.45) is 3.17. The molecule has 1 aliphatic heterocycles. The number of methoxy groups -OCH3 is 1. The Kier molecular flexibility index (Phi) is 5.44. The smallest absolute Gasteiger partial charge is 0.253 e. The number of ether oxygens (including phenoxy) is 1. The number of nitrogens with one attached hydrogen (secondary N) is 1. The highest BCUT2D eigenvalue weighted by Gasteiger charge is 2.21. The minimum absolute atomic E-state index is 0.111. The number of nitrogens with zero attached hydrogens (tertiary/aromatic N) is 1. The van der Waals surface area contributed by atoms with Crippen molar-refractivity contribution in [3.05, 3.63) is 23.8 Å². The van der Waals surface area contributed by atoms with Crippen molar-refractivity contribution >= 4 is 11.6 Å². The fourth-order valence-electron chi connectivity index (χ4n) is 2.74. The predicted octanol–water partition coefficient (Wildman–Crippen LogP) is 1.88. The van der Waals surface area contributed by atoms with Crippen LogP contribution in [0, 0.1) is 0 Å². The number of rotatable bonds is 5. The van der Waals surface area contributed by atoms with Gasteiger partial charge in [0.15, 0.2) is 0 Å². The molecule has 1 aromatic rings. The van der Waals surface area contributed by atoms with E-state index in [4.69, 9.17) is 10.5 Å². The summed E-state index contributed by atoms with van der Waals surface area (Å²) in [5.41, 5.74) is 6.86. The van der Waals surface area contributed by atoms with Gasteiger partial charge in [-0.2, -0.15) is 0 Å². The van der Waals surface area contributed by atoms with Crippen molar-refractivity contribution < 1.29 is 9.53 Å². The lowest BCUT2D eigenvalue weighted by Crippen LogP contribution is -2.44. The van der Waals surface area contributed by atoms with Crippen molar-refractivity contribution in [1.29, 1.82) is 0 Å². The number of nitrogens with two attached hydrogens (primary N) is 1. The molecular formula is C16H25N3O2. The number of nitrogen functional groups attached to an aromatic ring is 1. The molecule has 0 radical (unpaired) electrons. The van der Waals surface area contributed by atoms with Crippen molar-refractivity contribution in [2.24, 2.45) is 0 Å². The van der Waals surface area contributed by atoms with Gasteiger partial charge < -0.3 is 20.7 Å². The van der Waals surface area contributed by atoms with Gasteiger partial charge >= 0.3 is 0 Å². The quantitative estimate of drug-likeness (QED) is 0.813. The summed E-state index contributed by atoms with van der Waals surface area (Å²) in [7, 11) is 1.58. The van der Waals surface area contributed by atoms with Crippen LogP contribution in [0.5, 0.6) is 5.75 Å². The lowest BCUT2D eigenvalue weighted by Gasteiger charge is -2.32. The van der Waals surface area contributed by atoms with Gasteiger partial charge in [0.25, 0.3) is 5.91 Å². The number of anilines is 1. The molecule has 2 rings (SSSR count). The Morgan fingerprint density at radius 1 is 1.43 bits per heavy atom. The Hall–Kier alpha value is -1.75. The molecule has 0 aliphatic carbocycles. The first-order valence-electron chi connectivity index (χ1n) is 7.60. The van der Waals surface area contributed by atoms with Gasteiger partial charge in [-0.05, 0) is 44.0 Å². The van der Waals surface area contributed by atoms with Gasteiger partial charge in [-0.15, -0.1) is 0 Å². The Labute approximate surface area is 126 Å². The van der Waals surface area contributed by atoms with E-state index in [0.717, 1.165) is 32.5 Å². The molecule has 116 valence electrons. The van der Waals surface area contributed by atoms with E-state index in [1.54, 1.807) is 25.3 Å². The second-order valence-corrected chi connectivity index (χ2v) is 5.54. The van der Waals surface area contributed by atoms with Crippen LogP contribution in [0.25, 0.3) is 0 Å². The molecule has 0 bridgehead atoms. The Balaban J connectivity index is 1.93. The highest BCUT2D eigenvalue weighted by atomic mass is 16.5. The number of benzene rings is 1. The minimum Gasteiger partial charge on any atom is -0.497 e. The fraction of sp³-hybridized carbons (Fsp3) is 0.562. The zero-order valence-electron chi connectivity index (χ0n) is 12.9.